The number of nitrogen functional groups attached to an aromatic ring is 1. The van der Waals surface area contributed by atoms with E-state index in [9.17, 15) is 4.79 Å². The second-order valence-corrected chi connectivity index (χ2v) is 4.06. The summed E-state index contributed by atoms with van der Waals surface area (Å²) in [6.07, 6.45) is 0.961. The molecule has 0 saturated heterocycles. The predicted octanol–water partition coefficient (Wildman–Crippen LogP) is 2.31. The summed E-state index contributed by atoms with van der Waals surface area (Å²) in [5.41, 5.74) is 7.81. The zero-order valence-corrected chi connectivity index (χ0v) is 10.6. The maximum Gasteiger partial charge on any atom is 0.161 e. The van der Waals surface area contributed by atoms with Gasteiger partial charge < -0.3 is 15.8 Å². The van der Waals surface area contributed by atoms with Crippen molar-refractivity contribution in [3.63, 3.8) is 0 Å². The molecule has 0 bridgehead atoms. The summed E-state index contributed by atoms with van der Waals surface area (Å²) in [5.74, 6) is -0.0158. The Morgan fingerprint density at radius 2 is 2.24 bits per heavy atom. The van der Waals surface area contributed by atoms with E-state index in [0.29, 0.717) is 17.9 Å². The topological polar surface area (TPSA) is 64.3 Å². The van der Waals surface area contributed by atoms with Crippen molar-refractivity contribution in [1.82, 2.24) is 0 Å². The number of rotatable bonds is 6. The molecule has 0 aliphatic rings. The highest BCUT2D eigenvalue weighted by Crippen LogP contribution is 2.19. The smallest absolute Gasteiger partial charge is 0.161 e. The fourth-order valence-corrected chi connectivity index (χ4v) is 1.67. The van der Waals surface area contributed by atoms with E-state index in [4.69, 9.17) is 10.5 Å². The molecule has 0 saturated carbocycles. The van der Waals surface area contributed by atoms with Crippen LogP contribution in [0, 0.1) is 0 Å². The third-order valence-corrected chi connectivity index (χ3v) is 2.66. The molecule has 0 aliphatic heterocycles. The SMILES string of the molecule is CCC(COC)Nc1ccc(C(C)=O)c(N)c1. The maximum absolute atomic E-state index is 11.2. The minimum atomic E-state index is -0.0158. The summed E-state index contributed by atoms with van der Waals surface area (Å²) in [6.45, 7) is 4.24. The van der Waals surface area contributed by atoms with Crippen LogP contribution < -0.4 is 11.1 Å². The van der Waals surface area contributed by atoms with E-state index in [1.807, 2.05) is 6.07 Å². The number of nitrogens with one attached hydrogen (secondary N) is 1. The number of carbonyl (C=O) groups is 1. The Hall–Kier alpha value is -1.55. The van der Waals surface area contributed by atoms with Gasteiger partial charge in [0.2, 0.25) is 0 Å². The van der Waals surface area contributed by atoms with E-state index in [-0.39, 0.29) is 11.8 Å². The fraction of sp³-hybridized carbons (Fsp3) is 0.462. The van der Waals surface area contributed by atoms with Crippen molar-refractivity contribution in [3.05, 3.63) is 23.8 Å². The zero-order chi connectivity index (χ0) is 12.8. The van der Waals surface area contributed by atoms with Crippen molar-refractivity contribution in [1.29, 1.82) is 0 Å². The van der Waals surface area contributed by atoms with E-state index in [2.05, 4.69) is 12.2 Å². The van der Waals surface area contributed by atoms with Crippen LogP contribution >= 0.6 is 0 Å². The number of ketones is 1. The number of carbonyl (C=O) groups excluding carboxylic acids is 1. The van der Waals surface area contributed by atoms with Gasteiger partial charge in [0, 0.05) is 30.1 Å². The number of benzene rings is 1. The highest BCUT2D eigenvalue weighted by molar-refractivity contribution is 5.99. The molecule has 0 amide bonds. The second-order valence-electron chi connectivity index (χ2n) is 4.06. The molecule has 4 nitrogen and oxygen atoms in total. The molecular weight excluding hydrogens is 216 g/mol. The molecule has 0 heterocycles. The molecule has 17 heavy (non-hydrogen) atoms. The molecule has 1 rings (SSSR count). The minimum Gasteiger partial charge on any atom is -0.398 e. The van der Waals surface area contributed by atoms with Gasteiger partial charge in [0.1, 0.15) is 0 Å². The van der Waals surface area contributed by atoms with Crippen LogP contribution in [0.5, 0.6) is 0 Å². The van der Waals surface area contributed by atoms with Crippen molar-refractivity contribution >= 4 is 17.2 Å². The molecule has 0 aromatic heterocycles. The summed E-state index contributed by atoms with van der Waals surface area (Å²) < 4.78 is 5.11. The summed E-state index contributed by atoms with van der Waals surface area (Å²) in [7, 11) is 1.68. The third kappa shape index (κ3) is 3.75. The van der Waals surface area contributed by atoms with Gasteiger partial charge in [-0.15, -0.1) is 0 Å². The first-order valence-corrected chi connectivity index (χ1v) is 5.74. The number of hydrogen-bond acceptors (Lipinski definition) is 4. The van der Waals surface area contributed by atoms with Crippen molar-refractivity contribution in [3.8, 4) is 0 Å². The Labute approximate surface area is 102 Å². The Morgan fingerprint density at radius 3 is 2.71 bits per heavy atom. The van der Waals surface area contributed by atoms with Crippen molar-refractivity contribution in [2.45, 2.75) is 26.3 Å². The van der Waals surface area contributed by atoms with E-state index in [1.54, 1.807) is 19.2 Å². The summed E-state index contributed by atoms with van der Waals surface area (Å²) in [4.78, 5) is 11.2. The van der Waals surface area contributed by atoms with Gasteiger partial charge >= 0.3 is 0 Å². The number of methoxy groups -OCH3 is 1. The van der Waals surface area contributed by atoms with Gasteiger partial charge in [-0.3, -0.25) is 4.79 Å². The van der Waals surface area contributed by atoms with Crippen LogP contribution in [0.15, 0.2) is 18.2 Å². The minimum absolute atomic E-state index is 0.0158. The Balaban J connectivity index is 2.79. The summed E-state index contributed by atoms with van der Waals surface area (Å²) >= 11 is 0. The monoisotopic (exact) mass is 236 g/mol. The molecule has 3 N–H and O–H groups in total. The lowest BCUT2D eigenvalue weighted by molar-refractivity contribution is 0.101. The molecular formula is C13H20N2O2. The lowest BCUT2D eigenvalue weighted by atomic mass is 10.1. The molecule has 0 radical (unpaired) electrons. The van der Waals surface area contributed by atoms with Crippen LogP contribution in [0.3, 0.4) is 0 Å². The van der Waals surface area contributed by atoms with E-state index >= 15 is 0 Å². The maximum atomic E-state index is 11.2. The summed E-state index contributed by atoms with van der Waals surface area (Å²) in [5, 5.41) is 3.32. The molecule has 0 aliphatic carbocycles. The van der Waals surface area contributed by atoms with Gasteiger partial charge in [0.25, 0.3) is 0 Å². The van der Waals surface area contributed by atoms with Crippen LogP contribution in [-0.4, -0.2) is 25.5 Å². The van der Waals surface area contributed by atoms with Crippen LogP contribution in [0.2, 0.25) is 0 Å². The van der Waals surface area contributed by atoms with E-state index < -0.39 is 0 Å². The van der Waals surface area contributed by atoms with Gasteiger partial charge in [-0.2, -0.15) is 0 Å². The first kappa shape index (κ1) is 13.5. The lowest BCUT2D eigenvalue weighted by Crippen LogP contribution is -2.23. The second kappa shape index (κ2) is 6.25. The first-order valence-electron chi connectivity index (χ1n) is 5.74. The highest BCUT2D eigenvalue weighted by atomic mass is 16.5. The first-order chi connectivity index (χ1) is 8.08. The van der Waals surface area contributed by atoms with Crippen LogP contribution in [-0.2, 0) is 4.74 Å². The van der Waals surface area contributed by atoms with Gasteiger partial charge in [0.15, 0.2) is 5.78 Å². The Morgan fingerprint density at radius 1 is 1.53 bits per heavy atom. The average Bonchev–Trinajstić information content (AvgIpc) is 2.28. The number of anilines is 2. The van der Waals surface area contributed by atoms with Gasteiger partial charge in [0.05, 0.1) is 6.61 Å². The van der Waals surface area contributed by atoms with Crippen LogP contribution in [0.4, 0.5) is 11.4 Å². The normalized spacial score (nSPS) is 12.2. The van der Waals surface area contributed by atoms with Crippen molar-refractivity contribution < 1.29 is 9.53 Å². The fourth-order valence-electron chi connectivity index (χ4n) is 1.67. The largest absolute Gasteiger partial charge is 0.398 e. The number of nitrogens with two attached hydrogens (primary N) is 1. The molecule has 4 heteroatoms. The Bertz CT molecular complexity index is 391. The predicted molar refractivity (Wildman–Crippen MR) is 70.4 cm³/mol. The molecule has 0 fully saturated rings. The molecule has 1 aromatic carbocycles. The molecule has 0 spiro atoms. The van der Waals surface area contributed by atoms with Crippen LogP contribution in [0.1, 0.15) is 30.6 Å². The molecule has 1 atom stereocenters. The van der Waals surface area contributed by atoms with E-state index in [1.165, 1.54) is 6.92 Å². The average molecular weight is 236 g/mol. The van der Waals surface area contributed by atoms with Gasteiger partial charge in [-0.05, 0) is 31.5 Å². The number of ether oxygens (including phenoxy) is 1. The quantitative estimate of drug-likeness (QED) is 0.587. The van der Waals surface area contributed by atoms with E-state index in [0.717, 1.165) is 12.1 Å². The van der Waals surface area contributed by atoms with Crippen molar-refractivity contribution in [2.24, 2.45) is 0 Å². The molecule has 1 unspecified atom stereocenters. The standard InChI is InChI=1S/C13H20N2O2/c1-4-10(8-17-3)15-11-5-6-12(9(2)16)13(14)7-11/h5-7,10,15H,4,8,14H2,1-3H3. The Kier molecular flexibility index (Phi) is 4.97. The van der Waals surface area contributed by atoms with Crippen molar-refractivity contribution in [2.75, 3.05) is 24.8 Å². The van der Waals surface area contributed by atoms with Gasteiger partial charge in [-0.1, -0.05) is 6.92 Å². The molecule has 94 valence electrons. The lowest BCUT2D eigenvalue weighted by Gasteiger charge is -2.18. The number of Topliss-reactive ketones (excluding diaryl/α,β-unsaturated/α-hetero) is 1. The highest BCUT2D eigenvalue weighted by Gasteiger charge is 2.08. The summed E-state index contributed by atoms with van der Waals surface area (Å²) in [6, 6.07) is 5.66. The third-order valence-electron chi connectivity index (χ3n) is 2.66. The van der Waals surface area contributed by atoms with Gasteiger partial charge in [-0.25, -0.2) is 0 Å². The zero-order valence-electron chi connectivity index (χ0n) is 10.6. The van der Waals surface area contributed by atoms with Crippen LogP contribution in [0.25, 0.3) is 0 Å². The molecule has 1 aromatic rings. The number of hydrogen-bond donors (Lipinski definition) is 2.